The number of nitrogens with zero attached hydrogens (tertiary/aromatic N) is 1. The standard InChI is InChI=1S/C18H15F3N2O2/c19-18(20,21)16(25)11-17(13-7-2-1-3-8-13)22-14-9-5-4-6-12(14)10-23(17)15(16)24/h1-9,22,25H,10-11H2/t16-,17+/m1/s1. The summed E-state index contributed by atoms with van der Waals surface area (Å²) in [7, 11) is 0. The number of alkyl halides is 3. The molecule has 0 bridgehead atoms. The van der Waals surface area contributed by atoms with Gasteiger partial charge in [0.05, 0.1) is 6.54 Å². The maximum atomic E-state index is 13.5. The summed E-state index contributed by atoms with van der Waals surface area (Å²) in [6.45, 7) is -0.00467. The molecule has 0 aromatic heterocycles. The monoisotopic (exact) mass is 348 g/mol. The SMILES string of the molecule is O=C1N2Cc3ccccc3N[C@@]2(c2ccccc2)C[C@]1(O)C(F)(F)F. The molecule has 2 aromatic rings. The van der Waals surface area contributed by atoms with Crippen LogP contribution < -0.4 is 5.32 Å². The number of carbonyl (C=O) groups excluding carboxylic acids is 1. The molecule has 0 saturated carbocycles. The van der Waals surface area contributed by atoms with Gasteiger partial charge >= 0.3 is 6.18 Å². The average Bonchev–Trinajstić information content (AvgIpc) is 2.83. The van der Waals surface area contributed by atoms with Gasteiger partial charge < -0.3 is 15.3 Å². The van der Waals surface area contributed by atoms with Crippen molar-refractivity contribution in [2.45, 2.75) is 30.4 Å². The lowest BCUT2D eigenvalue weighted by molar-refractivity contribution is -0.249. The van der Waals surface area contributed by atoms with E-state index in [1.54, 1.807) is 54.6 Å². The molecule has 4 rings (SSSR count). The van der Waals surface area contributed by atoms with Gasteiger partial charge in [-0.15, -0.1) is 0 Å². The molecule has 25 heavy (non-hydrogen) atoms. The van der Waals surface area contributed by atoms with Crippen molar-refractivity contribution < 1.29 is 23.1 Å². The molecular weight excluding hydrogens is 333 g/mol. The van der Waals surface area contributed by atoms with Crippen molar-refractivity contribution in [3.63, 3.8) is 0 Å². The van der Waals surface area contributed by atoms with Gasteiger partial charge in [-0.25, -0.2) is 0 Å². The first-order valence-electron chi connectivity index (χ1n) is 7.81. The molecule has 1 fully saturated rings. The van der Waals surface area contributed by atoms with E-state index in [1.807, 2.05) is 0 Å². The Bertz CT molecular complexity index is 840. The normalized spacial score (nSPS) is 28.3. The summed E-state index contributed by atoms with van der Waals surface area (Å²) in [6.07, 6.45) is -5.86. The Hall–Kier alpha value is -2.54. The average molecular weight is 348 g/mol. The van der Waals surface area contributed by atoms with Gasteiger partial charge in [-0.2, -0.15) is 13.2 Å². The first-order valence-corrected chi connectivity index (χ1v) is 7.81. The quantitative estimate of drug-likeness (QED) is 0.833. The first kappa shape index (κ1) is 16.0. The van der Waals surface area contributed by atoms with Crippen LogP contribution in [-0.4, -0.2) is 27.7 Å². The number of hydrogen-bond donors (Lipinski definition) is 2. The van der Waals surface area contributed by atoms with Crippen LogP contribution in [0.1, 0.15) is 17.5 Å². The Labute approximate surface area is 141 Å². The summed E-state index contributed by atoms with van der Waals surface area (Å²) < 4.78 is 40.6. The Morgan fingerprint density at radius 2 is 1.68 bits per heavy atom. The number of benzene rings is 2. The summed E-state index contributed by atoms with van der Waals surface area (Å²) in [5.74, 6) is -1.33. The van der Waals surface area contributed by atoms with Crippen molar-refractivity contribution in [3.05, 3.63) is 65.7 Å². The van der Waals surface area contributed by atoms with Crippen molar-refractivity contribution in [1.29, 1.82) is 0 Å². The summed E-state index contributed by atoms with van der Waals surface area (Å²) in [5.41, 5.74) is -3.01. The third kappa shape index (κ3) is 2.08. The van der Waals surface area contributed by atoms with Crippen LogP contribution in [0.15, 0.2) is 54.6 Å². The highest BCUT2D eigenvalue weighted by molar-refractivity contribution is 5.91. The molecule has 1 saturated heterocycles. The largest absolute Gasteiger partial charge is 0.426 e. The highest BCUT2D eigenvalue weighted by atomic mass is 19.4. The van der Waals surface area contributed by atoms with Crippen molar-refractivity contribution in [2.24, 2.45) is 0 Å². The fraction of sp³-hybridized carbons (Fsp3) is 0.278. The van der Waals surface area contributed by atoms with Crippen LogP contribution in [0.5, 0.6) is 0 Å². The van der Waals surface area contributed by atoms with Gasteiger partial charge in [-0.1, -0.05) is 48.5 Å². The predicted octanol–water partition coefficient (Wildman–Crippen LogP) is 2.99. The van der Waals surface area contributed by atoms with E-state index in [9.17, 15) is 23.1 Å². The number of amides is 1. The molecule has 1 amide bonds. The highest BCUT2D eigenvalue weighted by Crippen LogP contribution is 2.53. The zero-order valence-corrected chi connectivity index (χ0v) is 13.0. The zero-order valence-electron chi connectivity index (χ0n) is 13.0. The third-order valence-electron chi connectivity index (χ3n) is 4.98. The second-order valence-corrected chi connectivity index (χ2v) is 6.43. The second kappa shape index (κ2) is 4.98. The molecule has 2 atom stereocenters. The molecule has 2 N–H and O–H groups in total. The number of aliphatic hydroxyl groups is 1. The van der Waals surface area contributed by atoms with E-state index in [1.165, 1.54) is 0 Å². The van der Waals surface area contributed by atoms with Gasteiger partial charge in [0.1, 0.15) is 5.66 Å². The molecule has 130 valence electrons. The maximum Gasteiger partial charge on any atom is 0.426 e. The number of anilines is 1. The van der Waals surface area contributed by atoms with Gasteiger partial charge in [-0.3, -0.25) is 4.79 Å². The lowest BCUT2D eigenvalue weighted by Crippen LogP contribution is -2.53. The maximum absolute atomic E-state index is 13.5. The Balaban J connectivity index is 1.92. The van der Waals surface area contributed by atoms with E-state index in [4.69, 9.17) is 0 Å². The van der Waals surface area contributed by atoms with E-state index in [-0.39, 0.29) is 6.54 Å². The molecule has 0 unspecified atom stereocenters. The number of hydrogen-bond acceptors (Lipinski definition) is 3. The molecule has 7 heteroatoms. The Morgan fingerprint density at radius 1 is 1.04 bits per heavy atom. The summed E-state index contributed by atoms with van der Waals surface area (Å²) in [6, 6.07) is 15.5. The van der Waals surface area contributed by atoms with E-state index < -0.39 is 29.8 Å². The zero-order chi connectivity index (χ0) is 17.9. The second-order valence-electron chi connectivity index (χ2n) is 6.43. The van der Waals surface area contributed by atoms with Crippen LogP contribution in [0.4, 0.5) is 18.9 Å². The van der Waals surface area contributed by atoms with Gasteiger partial charge in [0.2, 0.25) is 5.60 Å². The molecule has 0 aliphatic carbocycles. The molecule has 0 spiro atoms. The van der Waals surface area contributed by atoms with E-state index in [0.29, 0.717) is 16.8 Å². The smallest absolute Gasteiger partial charge is 0.372 e. The summed E-state index contributed by atoms with van der Waals surface area (Å²) >= 11 is 0. The third-order valence-corrected chi connectivity index (χ3v) is 4.98. The number of rotatable bonds is 1. The van der Waals surface area contributed by atoms with Crippen molar-refractivity contribution in [3.8, 4) is 0 Å². The molecule has 2 heterocycles. The highest BCUT2D eigenvalue weighted by Gasteiger charge is 2.71. The van der Waals surface area contributed by atoms with Gasteiger partial charge in [0, 0.05) is 12.1 Å². The number of nitrogens with one attached hydrogen (secondary N) is 1. The number of halogens is 3. The van der Waals surface area contributed by atoms with E-state index >= 15 is 0 Å². The van der Waals surface area contributed by atoms with Gasteiger partial charge in [0.25, 0.3) is 5.91 Å². The fourth-order valence-electron chi connectivity index (χ4n) is 3.70. The molecular formula is C18H15F3N2O2. The van der Waals surface area contributed by atoms with Crippen LogP contribution >= 0.6 is 0 Å². The van der Waals surface area contributed by atoms with Crippen LogP contribution in [0, 0.1) is 0 Å². The van der Waals surface area contributed by atoms with Crippen LogP contribution in [0.3, 0.4) is 0 Å². The van der Waals surface area contributed by atoms with Gasteiger partial charge in [-0.05, 0) is 17.2 Å². The topological polar surface area (TPSA) is 52.6 Å². The molecule has 0 radical (unpaired) electrons. The molecule has 2 aromatic carbocycles. The van der Waals surface area contributed by atoms with Crippen LogP contribution in [0.25, 0.3) is 0 Å². The molecule has 2 aliphatic rings. The first-order chi connectivity index (χ1) is 11.8. The number of para-hydroxylation sites is 1. The molecule has 4 nitrogen and oxygen atoms in total. The minimum Gasteiger partial charge on any atom is -0.372 e. The number of fused-ring (bicyclic) bond motifs is 2. The summed E-state index contributed by atoms with van der Waals surface area (Å²) in [4.78, 5) is 13.7. The molecule has 2 aliphatic heterocycles. The lowest BCUT2D eigenvalue weighted by Gasteiger charge is -2.44. The number of carbonyl (C=O) groups is 1. The van der Waals surface area contributed by atoms with E-state index in [0.717, 1.165) is 4.90 Å². The lowest BCUT2D eigenvalue weighted by atomic mass is 9.88. The fourth-order valence-corrected chi connectivity index (χ4v) is 3.70. The van der Waals surface area contributed by atoms with Crippen LogP contribution in [-0.2, 0) is 17.0 Å². The summed E-state index contributed by atoms with van der Waals surface area (Å²) in [5, 5.41) is 13.4. The minimum absolute atomic E-state index is 0.00467. The van der Waals surface area contributed by atoms with Crippen molar-refractivity contribution in [1.82, 2.24) is 4.90 Å². The van der Waals surface area contributed by atoms with Crippen LogP contribution in [0.2, 0.25) is 0 Å². The van der Waals surface area contributed by atoms with Gasteiger partial charge in [0.15, 0.2) is 0 Å². The van der Waals surface area contributed by atoms with E-state index in [2.05, 4.69) is 5.32 Å². The van der Waals surface area contributed by atoms with Crippen molar-refractivity contribution >= 4 is 11.6 Å². The predicted molar refractivity (Wildman–Crippen MR) is 84.4 cm³/mol. The van der Waals surface area contributed by atoms with Crippen molar-refractivity contribution in [2.75, 3.05) is 5.32 Å². The Kier molecular flexibility index (Phi) is 3.18. The minimum atomic E-state index is -5.06. The Morgan fingerprint density at radius 3 is 2.36 bits per heavy atom.